The molecule has 7 heteroatoms. The van der Waals surface area contributed by atoms with Crippen LogP contribution in [0.4, 0.5) is 0 Å². The van der Waals surface area contributed by atoms with Crippen molar-refractivity contribution in [2.45, 2.75) is 78.7 Å². The Morgan fingerprint density at radius 2 is 1.82 bits per heavy atom. The maximum atomic E-state index is 13.9. The van der Waals surface area contributed by atoms with Gasteiger partial charge in [0.25, 0.3) is 0 Å². The van der Waals surface area contributed by atoms with Crippen LogP contribution >= 0.6 is 0 Å². The third kappa shape index (κ3) is 5.80. The summed E-state index contributed by atoms with van der Waals surface area (Å²) in [6, 6.07) is 5.54. The van der Waals surface area contributed by atoms with Gasteiger partial charge in [-0.25, -0.2) is 4.98 Å². The van der Waals surface area contributed by atoms with E-state index < -0.39 is 5.41 Å². The van der Waals surface area contributed by atoms with E-state index in [1.54, 1.807) is 11.7 Å². The molecule has 188 valence electrons. The summed E-state index contributed by atoms with van der Waals surface area (Å²) in [7, 11) is 1.61. The van der Waals surface area contributed by atoms with Gasteiger partial charge in [0.2, 0.25) is 11.7 Å². The minimum Gasteiger partial charge on any atom is -0.497 e. The highest BCUT2D eigenvalue weighted by Gasteiger charge is 2.40. The normalized spacial score (nSPS) is 20.4. The number of aliphatic hydroxyl groups excluding tert-OH is 1. The summed E-state index contributed by atoms with van der Waals surface area (Å²) in [6.07, 6.45) is 7.07. The van der Waals surface area contributed by atoms with Crippen molar-refractivity contribution in [2.75, 3.05) is 26.8 Å². The molecule has 34 heavy (non-hydrogen) atoms. The van der Waals surface area contributed by atoms with Gasteiger partial charge in [-0.2, -0.15) is 0 Å². The fourth-order valence-corrected chi connectivity index (χ4v) is 4.85. The van der Waals surface area contributed by atoms with Crippen molar-refractivity contribution in [1.82, 2.24) is 14.5 Å². The Morgan fingerprint density at radius 3 is 2.38 bits per heavy atom. The molecule has 1 aliphatic carbocycles. The molecule has 1 amide bonds. The average Bonchev–Trinajstić information content (AvgIpc) is 3.21. The second-order valence-electron chi connectivity index (χ2n) is 9.98. The molecule has 1 aromatic carbocycles. The lowest BCUT2D eigenvalue weighted by molar-refractivity contribution is -0.132. The highest BCUT2D eigenvalue weighted by Crippen LogP contribution is 2.41. The van der Waals surface area contributed by atoms with Gasteiger partial charge in [-0.3, -0.25) is 9.59 Å². The van der Waals surface area contributed by atoms with Gasteiger partial charge in [-0.15, -0.1) is 0 Å². The molecular formula is C27H41N3O4. The zero-order valence-electron chi connectivity index (χ0n) is 21.3. The Kier molecular flexibility index (Phi) is 9.11. The summed E-state index contributed by atoms with van der Waals surface area (Å²) in [5, 5.41) is 9.52. The van der Waals surface area contributed by atoms with Crippen LogP contribution in [0.1, 0.15) is 82.8 Å². The van der Waals surface area contributed by atoms with Gasteiger partial charge >= 0.3 is 0 Å². The number of amides is 1. The van der Waals surface area contributed by atoms with Crippen molar-refractivity contribution >= 4 is 22.7 Å². The summed E-state index contributed by atoms with van der Waals surface area (Å²) in [4.78, 5) is 33.9. The van der Waals surface area contributed by atoms with E-state index in [1.807, 2.05) is 30.0 Å². The second kappa shape index (κ2) is 11.8. The molecule has 7 nitrogen and oxygen atoms in total. The maximum absolute atomic E-state index is 13.9. The number of carbonyl (C=O) groups excluding carboxylic acids is 2. The van der Waals surface area contributed by atoms with Crippen LogP contribution in [0.15, 0.2) is 18.2 Å². The van der Waals surface area contributed by atoms with Gasteiger partial charge in [-0.05, 0) is 56.6 Å². The van der Waals surface area contributed by atoms with Crippen LogP contribution in [-0.2, 0) is 11.3 Å². The first-order valence-corrected chi connectivity index (χ1v) is 12.8. The molecule has 0 atom stereocenters. The molecule has 1 aromatic heterocycles. The van der Waals surface area contributed by atoms with Crippen LogP contribution in [0.5, 0.6) is 5.75 Å². The Morgan fingerprint density at radius 1 is 1.18 bits per heavy atom. The van der Waals surface area contributed by atoms with E-state index >= 15 is 0 Å². The molecule has 2 aromatic rings. The van der Waals surface area contributed by atoms with Gasteiger partial charge in [0.05, 0.1) is 18.1 Å². The van der Waals surface area contributed by atoms with E-state index in [2.05, 4.69) is 13.8 Å². The lowest BCUT2D eigenvalue weighted by Crippen LogP contribution is -2.38. The van der Waals surface area contributed by atoms with E-state index in [0.717, 1.165) is 70.0 Å². The summed E-state index contributed by atoms with van der Waals surface area (Å²) in [6.45, 7) is 7.98. The predicted molar refractivity (Wildman–Crippen MR) is 134 cm³/mol. The molecule has 1 saturated carbocycles. The van der Waals surface area contributed by atoms with Crippen LogP contribution < -0.4 is 4.74 Å². The number of unbranched alkanes of at least 4 members (excludes halogenated alkanes) is 2. The van der Waals surface area contributed by atoms with Crippen LogP contribution in [0.2, 0.25) is 0 Å². The van der Waals surface area contributed by atoms with Crippen LogP contribution in [0.3, 0.4) is 0 Å². The topological polar surface area (TPSA) is 84.7 Å². The molecule has 1 fully saturated rings. The Balaban J connectivity index is 1.97. The fourth-order valence-electron chi connectivity index (χ4n) is 4.85. The summed E-state index contributed by atoms with van der Waals surface area (Å²) in [5.41, 5.74) is 0.898. The third-order valence-electron chi connectivity index (χ3n) is 7.38. The summed E-state index contributed by atoms with van der Waals surface area (Å²) in [5.74, 6) is 1.29. The summed E-state index contributed by atoms with van der Waals surface area (Å²) >= 11 is 0. The van der Waals surface area contributed by atoms with Crippen molar-refractivity contribution in [3.8, 4) is 5.75 Å². The van der Waals surface area contributed by atoms with Crippen molar-refractivity contribution in [1.29, 1.82) is 0 Å². The molecule has 3 rings (SSSR count). The van der Waals surface area contributed by atoms with Gasteiger partial charge in [0.1, 0.15) is 12.3 Å². The molecule has 0 aliphatic heterocycles. The molecule has 0 spiro atoms. The Labute approximate surface area is 203 Å². The average molecular weight is 472 g/mol. The first kappa shape index (κ1) is 26.2. The number of aromatic nitrogens is 2. The molecule has 1 aliphatic rings. The number of Topliss-reactive ketones (excluding diaryl/α,β-unsaturated/α-hetero) is 1. The highest BCUT2D eigenvalue weighted by atomic mass is 16.5. The minimum atomic E-state index is -0.540. The molecule has 0 unspecified atom stereocenters. The number of nitrogens with zero attached hydrogens (tertiary/aromatic N) is 3. The van der Waals surface area contributed by atoms with E-state index in [0.29, 0.717) is 17.1 Å². The molecule has 1 N–H and O–H groups in total. The molecule has 0 saturated heterocycles. The molecular weight excluding hydrogens is 430 g/mol. The summed E-state index contributed by atoms with van der Waals surface area (Å²) < 4.78 is 7.22. The van der Waals surface area contributed by atoms with Crippen molar-refractivity contribution < 1.29 is 19.4 Å². The van der Waals surface area contributed by atoms with Crippen molar-refractivity contribution in [3.63, 3.8) is 0 Å². The lowest BCUT2D eigenvalue weighted by atomic mass is 9.69. The standard InChI is InChI=1S/C27H41N3O4/c1-5-7-15-29(16-8-6-2)24(32)18-30-23-17-21(34-4)9-10-22(23)28-26(30)25(33)27(3)13-11-20(19-31)12-14-27/h9-10,17,20,31H,5-8,11-16,18-19H2,1-4H3. The van der Waals surface area contributed by atoms with E-state index in [4.69, 9.17) is 9.72 Å². The zero-order chi connectivity index (χ0) is 24.7. The lowest BCUT2D eigenvalue weighted by Gasteiger charge is -2.35. The number of benzene rings is 1. The Hall–Kier alpha value is -2.41. The number of methoxy groups -OCH3 is 1. The predicted octanol–water partition coefficient (Wildman–Crippen LogP) is 4.85. The van der Waals surface area contributed by atoms with E-state index in [1.165, 1.54) is 0 Å². The van der Waals surface area contributed by atoms with Gasteiger partial charge in [0.15, 0.2) is 5.82 Å². The fraction of sp³-hybridized carbons (Fsp3) is 0.667. The zero-order valence-corrected chi connectivity index (χ0v) is 21.3. The smallest absolute Gasteiger partial charge is 0.242 e. The number of carbonyl (C=O) groups is 2. The van der Waals surface area contributed by atoms with Crippen molar-refractivity contribution in [3.05, 3.63) is 24.0 Å². The van der Waals surface area contributed by atoms with Gasteiger partial charge in [0, 0.05) is 31.2 Å². The SMILES string of the molecule is CCCCN(CCCC)C(=O)Cn1c(C(=O)C2(C)CCC(CO)CC2)nc2ccc(OC)cc21. The van der Waals surface area contributed by atoms with Gasteiger partial charge < -0.3 is 19.3 Å². The molecule has 1 heterocycles. The van der Waals surface area contributed by atoms with Crippen LogP contribution in [0.25, 0.3) is 11.0 Å². The van der Waals surface area contributed by atoms with E-state index in [-0.39, 0.29) is 30.8 Å². The largest absolute Gasteiger partial charge is 0.497 e. The van der Waals surface area contributed by atoms with Crippen LogP contribution in [0, 0.1) is 11.3 Å². The van der Waals surface area contributed by atoms with E-state index in [9.17, 15) is 14.7 Å². The second-order valence-corrected chi connectivity index (χ2v) is 9.98. The molecule has 0 radical (unpaired) electrons. The quantitative estimate of drug-likeness (QED) is 0.448. The number of fused-ring (bicyclic) bond motifs is 1. The first-order valence-electron chi connectivity index (χ1n) is 12.8. The molecule has 0 bridgehead atoms. The maximum Gasteiger partial charge on any atom is 0.242 e. The van der Waals surface area contributed by atoms with Gasteiger partial charge in [-0.1, -0.05) is 33.6 Å². The monoisotopic (exact) mass is 471 g/mol. The number of hydrogen-bond acceptors (Lipinski definition) is 5. The number of aliphatic hydroxyl groups is 1. The number of ether oxygens (including phenoxy) is 1. The number of rotatable bonds is 12. The number of imidazole rings is 1. The third-order valence-corrected chi connectivity index (χ3v) is 7.38. The van der Waals surface area contributed by atoms with Crippen molar-refractivity contribution in [2.24, 2.45) is 11.3 Å². The highest BCUT2D eigenvalue weighted by molar-refractivity contribution is 6.01. The number of hydrogen-bond donors (Lipinski definition) is 1. The Bertz CT molecular complexity index is 968. The van der Waals surface area contributed by atoms with Crippen LogP contribution in [-0.4, -0.2) is 58.1 Å². The first-order chi connectivity index (χ1) is 16.4. The number of ketones is 1. The minimum absolute atomic E-state index is 0.0134.